The van der Waals surface area contributed by atoms with Crippen molar-refractivity contribution in [2.24, 2.45) is 5.92 Å². The van der Waals surface area contributed by atoms with E-state index in [0.29, 0.717) is 17.4 Å². The monoisotopic (exact) mass is 312 g/mol. The van der Waals surface area contributed by atoms with Crippen molar-refractivity contribution in [3.05, 3.63) is 47.3 Å². The molecule has 0 bridgehead atoms. The summed E-state index contributed by atoms with van der Waals surface area (Å²) in [6.45, 7) is 9.17. The highest BCUT2D eigenvalue weighted by Gasteiger charge is 2.10. The van der Waals surface area contributed by atoms with Crippen LogP contribution in [-0.4, -0.2) is 22.4 Å². The third kappa shape index (κ3) is 4.77. The molecule has 0 saturated carbocycles. The molecule has 0 unspecified atom stereocenters. The fourth-order valence-electron chi connectivity index (χ4n) is 2.09. The number of nitrogens with one attached hydrogen (secondary N) is 2. The van der Waals surface area contributed by atoms with Crippen molar-refractivity contribution in [3.8, 4) is 0 Å². The highest BCUT2D eigenvalue weighted by molar-refractivity contribution is 6.04. The molecule has 0 saturated heterocycles. The topological polar surface area (TPSA) is 66.9 Å². The van der Waals surface area contributed by atoms with Crippen LogP contribution in [0.3, 0.4) is 0 Å². The molecule has 0 fully saturated rings. The predicted octanol–water partition coefficient (Wildman–Crippen LogP) is 3.80. The molecule has 1 amide bonds. The van der Waals surface area contributed by atoms with Gasteiger partial charge in [-0.1, -0.05) is 26.0 Å². The summed E-state index contributed by atoms with van der Waals surface area (Å²) in [6.07, 6.45) is 4.15. The molecular formula is C18H24N4O. The molecule has 0 spiro atoms. The van der Waals surface area contributed by atoms with E-state index in [4.69, 9.17) is 0 Å². The number of rotatable bonds is 6. The fourth-order valence-corrected chi connectivity index (χ4v) is 2.09. The van der Waals surface area contributed by atoms with Crippen LogP contribution in [0.25, 0.3) is 0 Å². The predicted molar refractivity (Wildman–Crippen MR) is 93.8 cm³/mol. The molecule has 2 aromatic rings. The second kappa shape index (κ2) is 7.72. The summed E-state index contributed by atoms with van der Waals surface area (Å²) in [7, 11) is 0. The van der Waals surface area contributed by atoms with E-state index in [-0.39, 0.29) is 5.91 Å². The molecule has 1 aromatic heterocycles. The van der Waals surface area contributed by atoms with Gasteiger partial charge in [0.25, 0.3) is 5.91 Å². The summed E-state index contributed by atoms with van der Waals surface area (Å²) >= 11 is 0. The molecule has 2 N–H and O–H groups in total. The Kier molecular flexibility index (Phi) is 5.68. The summed E-state index contributed by atoms with van der Waals surface area (Å²) < 4.78 is 0. The molecule has 122 valence electrons. The van der Waals surface area contributed by atoms with Crippen molar-refractivity contribution in [1.29, 1.82) is 0 Å². The number of anilines is 2. The zero-order valence-electron chi connectivity index (χ0n) is 14.2. The first-order valence-electron chi connectivity index (χ1n) is 7.91. The zero-order valence-corrected chi connectivity index (χ0v) is 14.2. The highest BCUT2D eigenvalue weighted by Crippen LogP contribution is 2.18. The van der Waals surface area contributed by atoms with Crippen molar-refractivity contribution in [2.45, 2.75) is 34.1 Å². The van der Waals surface area contributed by atoms with Crippen LogP contribution in [0, 0.1) is 19.8 Å². The lowest BCUT2D eigenvalue weighted by Gasteiger charge is -2.10. The second-order valence-corrected chi connectivity index (χ2v) is 6.11. The van der Waals surface area contributed by atoms with E-state index in [0.717, 1.165) is 29.8 Å². The van der Waals surface area contributed by atoms with E-state index < -0.39 is 0 Å². The first kappa shape index (κ1) is 16.9. The van der Waals surface area contributed by atoms with Crippen LogP contribution < -0.4 is 10.6 Å². The average molecular weight is 312 g/mol. The molecule has 0 atom stereocenters. The zero-order chi connectivity index (χ0) is 16.8. The molecule has 1 aromatic carbocycles. The van der Waals surface area contributed by atoms with Crippen molar-refractivity contribution in [3.63, 3.8) is 0 Å². The van der Waals surface area contributed by atoms with Crippen LogP contribution in [-0.2, 0) is 0 Å². The Labute approximate surface area is 137 Å². The Bertz CT molecular complexity index is 665. The SMILES string of the molecule is Cc1cccc(NC(=O)c2cnc(NCCC(C)C)nc2)c1C. The van der Waals surface area contributed by atoms with Crippen LogP contribution in [0.4, 0.5) is 11.6 Å². The first-order chi connectivity index (χ1) is 11.0. The van der Waals surface area contributed by atoms with Crippen molar-refractivity contribution < 1.29 is 4.79 Å². The van der Waals surface area contributed by atoms with Crippen molar-refractivity contribution >= 4 is 17.5 Å². The Morgan fingerprint density at radius 2 is 1.87 bits per heavy atom. The second-order valence-electron chi connectivity index (χ2n) is 6.11. The van der Waals surface area contributed by atoms with Crippen LogP contribution in [0.2, 0.25) is 0 Å². The van der Waals surface area contributed by atoms with Gasteiger partial charge in [-0.3, -0.25) is 4.79 Å². The minimum atomic E-state index is -0.201. The van der Waals surface area contributed by atoms with Crippen LogP contribution in [0.5, 0.6) is 0 Å². The number of aryl methyl sites for hydroxylation is 1. The molecule has 1 heterocycles. The molecule has 2 rings (SSSR count). The highest BCUT2D eigenvalue weighted by atomic mass is 16.1. The van der Waals surface area contributed by atoms with Crippen LogP contribution in [0.1, 0.15) is 41.8 Å². The number of carbonyl (C=O) groups is 1. The van der Waals surface area contributed by atoms with Gasteiger partial charge in [0.15, 0.2) is 0 Å². The van der Waals surface area contributed by atoms with Crippen molar-refractivity contribution in [2.75, 3.05) is 17.2 Å². The van der Waals surface area contributed by atoms with Gasteiger partial charge in [-0.15, -0.1) is 0 Å². The summed E-state index contributed by atoms with van der Waals surface area (Å²) in [4.78, 5) is 20.7. The summed E-state index contributed by atoms with van der Waals surface area (Å²) in [5.74, 6) is 0.978. The van der Waals surface area contributed by atoms with Crippen LogP contribution in [0.15, 0.2) is 30.6 Å². The van der Waals surface area contributed by atoms with Gasteiger partial charge in [-0.25, -0.2) is 9.97 Å². The number of hydrogen-bond acceptors (Lipinski definition) is 4. The first-order valence-corrected chi connectivity index (χ1v) is 7.91. The van der Waals surface area contributed by atoms with Crippen molar-refractivity contribution in [1.82, 2.24) is 9.97 Å². The molecular weight excluding hydrogens is 288 g/mol. The molecule has 0 aliphatic heterocycles. The molecule has 23 heavy (non-hydrogen) atoms. The number of benzene rings is 1. The maximum Gasteiger partial charge on any atom is 0.258 e. The van der Waals surface area contributed by atoms with Gasteiger partial charge in [-0.05, 0) is 43.4 Å². The molecule has 5 heteroatoms. The Hall–Kier alpha value is -2.43. The summed E-state index contributed by atoms with van der Waals surface area (Å²) in [5.41, 5.74) is 3.46. The average Bonchev–Trinajstić information content (AvgIpc) is 2.52. The summed E-state index contributed by atoms with van der Waals surface area (Å²) in [6, 6.07) is 5.84. The number of amides is 1. The summed E-state index contributed by atoms with van der Waals surface area (Å²) in [5, 5.41) is 6.06. The van der Waals surface area contributed by atoms with Gasteiger partial charge in [0.05, 0.1) is 5.56 Å². The normalized spacial score (nSPS) is 10.7. The lowest BCUT2D eigenvalue weighted by atomic mass is 10.1. The maximum atomic E-state index is 12.3. The molecule has 0 radical (unpaired) electrons. The Balaban J connectivity index is 1.98. The van der Waals surface area contributed by atoms with Gasteiger partial charge < -0.3 is 10.6 Å². The van der Waals surface area contributed by atoms with Gasteiger partial charge in [0.2, 0.25) is 5.95 Å². The van der Waals surface area contributed by atoms with E-state index in [1.807, 2.05) is 32.0 Å². The lowest BCUT2D eigenvalue weighted by molar-refractivity contribution is 0.102. The van der Waals surface area contributed by atoms with Gasteiger partial charge in [0, 0.05) is 24.6 Å². The molecule has 0 aliphatic carbocycles. The third-order valence-electron chi connectivity index (χ3n) is 3.77. The van der Waals surface area contributed by atoms with Gasteiger partial charge in [-0.2, -0.15) is 0 Å². The number of nitrogens with zero attached hydrogens (tertiary/aromatic N) is 2. The number of aromatic nitrogens is 2. The standard InChI is InChI=1S/C18H24N4O/c1-12(2)8-9-19-18-20-10-15(11-21-18)17(23)22-16-7-5-6-13(3)14(16)4/h5-7,10-12H,8-9H2,1-4H3,(H,22,23)(H,19,20,21). The fraction of sp³-hybridized carbons (Fsp3) is 0.389. The Morgan fingerprint density at radius 1 is 1.17 bits per heavy atom. The Morgan fingerprint density at radius 3 is 2.52 bits per heavy atom. The molecule has 0 aliphatic rings. The third-order valence-corrected chi connectivity index (χ3v) is 3.77. The largest absolute Gasteiger partial charge is 0.354 e. The lowest BCUT2D eigenvalue weighted by Crippen LogP contribution is -2.15. The minimum absolute atomic E-state index is 0.201. The van der Waals surface area contributed by atoms with E-state index in [9.17, 15) is 4.79 Å². The van der Waals surface area contributed by atoms with Gasteiger partial charge in [0.1, 0.15) is 0 Å². The van der Waals surface area contributed by atoms with Gasteiger partial charge >= 0.3 is 0 Å². The van der Waals surface area contributed by atoms with E-state index >= 15 is 0 Å². The minimum Gasteiger partial charge on any atom is -0.354 e. The quantitative estimate of drug-likeness (QED) is 0.851. The van der Waals surface area contributed by atoms with E-state index in [2.05, 4.69) is 34.4 Å². The molecule has 5 nitrogen and oxygen atoms in total. The van der Waals surface area contributed by atoms with E-state index in [1.54, 1.807) is 12.4 Å². The van der Waals surface area contributed by atoms with Crippen LogP contribution >= 0.6 is 0 Å². The van der Waals surface area contributed by atoms with E-state index in [1.165, 1.54) is 0 Å². The number of carbonyl (C=O) groups excluding carboxylic acids is 1. The number of hydrogen-bond donors (Lipinski definition) is 2. The maximum absolute atomic E-state index is 12.3. The smallest absolute Gasteiger partial charge is 0.258 e.